The number of benzene rings is 3. The summed E-state index contributed by atoms with van der Waals surface area (Å²) in [6.45, 7) is 2.72. The average Bonchev–Trinajstić information content (AvgIpc) is 3.39. The molecule has 0 aliphatic carbocycles. The summed E-state index contributed by atoms with van der Waals surface area (Å²) in [5.41, 5.74) is 10.4. The van der Waals surface area contributed by atoms with E-state index < -0.39 is 0 Å². The van der Waals surface area contributed by atoms with E-state index in [4.69, 9.17) is 25.4 Å². The second-order valence-electron chi connectivity index (χ2n) is 9.12. The maximum absolute atomic E-state index is 12.9. The fourth-order valence-electron chi connectivity index (χ4n) is 4.41. The molecule has 0 amide bonds. The highest BCUT2D eigenvalue weighted by atomic mass is 16.5. The first kappa shape index (κ1) is 26.4. The van der Waals surface area contributed by atoms with E-state index in [1.807, 2.05) is 67.6 Å². The molecule has 4 N–H and O–H groups in total. The molecule has 2 heterocycles. The van der Waals surface area contributed by atoms with Crippen molar-refractivity contribution in [3.8, 4) is 34.0 Å². The molecule has 0 saturated heterocycles. The number of amidine groups is 1. The summed E-state index contributed by atoms with van der Waals surface area (Å²) in [7, 11) is 1.62. The van der Waals surface area contributed by atoms with E-state index in [0.29, 0.717) is 48.8 Å². The van der Waals surface area contributed by atoms with Crippen LogP contribution in [0.5, 0.6) is 11.5 Å². The average molecular weight is 540 g/mol. The molecule has 11 nitrogen and oxygen atoms in total. The molecule has 0 saturated carbocycles. The van der Waals surface area contributed by atoms with E-state index in [9.17, 15) is 4.79 Å². The molecule has 3 aromatic carbocycles. The minimum atomic E-state index is -0.383. The second-order valence-corrected chi connectivity index (χ2v) is 9.12. The molecule has 0 atom stereocenters. The number of H-pyrrole nitrogens is 1. The number of rotatable bonds is 10. The number of methoxy groups -OCH3 is 1. The molecule has 0 radical (unpaired) electrons. The summed E-state index contributed by atoms with van der Waals surface area (Å²) in [6, 6.07) is 21.4. The molecule has 40 heavy (non-hydrogen) atoms. The van der Waals surface area contributed by atoms with Crippen LogP contribution in [0.1, 0.15) is 24.5 Å². The number of nitrogens with one attached hydrogen (secondary N) is 1. The van der Waals surface area contributed by atoms with Gasteiger partial charge in [-0.25, -0.2) is 9.67 Å². The Hall–Kier alpha value is -5.19. The van der Waals surface area contributed by atoms with Crippen LogP contribution in [0.15, 0.2) is 76.7 Å². The van der Waals surface area contributed by atoms with Crippen LogP contribution in [0.4, 0.5) is 0 Å². The van der Waals surface area contributed by atoms with Gasteiger partial charge in [0.2, 0.25) is 0 Å². The zero-order chi connectivity index (χ0) is 28.1. The van der Waals surface area contributed by atoms with E-state index in [0.717, 1.165) is 28.0 Å². The van der Waals surface area contributed by atoms with Crippen molar-refractivity contribution in [1.29, 1.82) is 0 Å². The molecule has 0 bridgehead atoms. The lowest BCUT2D eigenvalue weighted by Crippen LogP contribution is -2.12. The van der Waals surface area contributed by atoms with Gasteiger partial charge in [0.05, 0.1) is 25.8 Å². The Bertz CT molecular complexity index is 1730. The summed E-state index contributed by atoms with van der Waals surface area (Å²) >= 11 is 0. The number of nitrogens with two attached hydrogens (primary N) is 1. The van der Waals surface area contributed by atoms with Crippen molar-refractivity contribution in [3.63, 3.8) is 0 Å². The Kier molecular flexibility index (Phi) is 7.72. The number of nitrogens with zero attached hydrogens (tertiary/aromatic N) is 5. The third-order valence-corrected chi connectivity index (χ3v) is 6.46. The quantitative estimate of drug-likeness (QED) is 0.104. The van der Waals surface area contributed by atoms with Crippen molar-refractivity contribution >= 4 is 17.0 Å². The van der Waals surface area contributed by atoms with Crippen molar-refractivity contribution in [3.05, 3.63) is 88.2 Å². The van der Waals surface area contributed by atoms with Crippen LogP contribution in [0, 0.1) is 0 Å². The minimum absolute atomic E-state index is 0.163. The van der Waals surface area contributed by atoms with Gasteiger partial charge in [-0.15, -0.1) is 5.10 Å². The summed E-state index contributed by atoms with van der Waals surface area (Å²) < 4.78 is 12.8. The van der Waals surface area contributed by atoms with E-state index in [1.54, 1.807) is 11.8 Å². The molecule has 204 valence electrons. The van der Waals surface area contributed by atoms with Crippen LogP contribution in [0.25, 0.3) is 33.7 Å². The Morgan fingerprint density at radius 1 is 1.07 bits per heavy atom. The van der Waals surface area contributed by atoms with Crippen molar-refractivity contribution in [2.75, 3.05) is 13.7 Å². The second kappa shape index (κ2) is 11.7. The van der Waals surface area contributed by atoms with Crippen molar-refractivity contribution in [2.24, 2.45) is 10.9 Å². The van der Waals surface area contributed by atoms with Gasteiger partial charge < -0.3 is 25.4 Å². The first-order chi connectivity index (χ1) is 19.5. The van der Waals surface area contributed by atoms with Crippen molar-refractivity contribution in [2.45, 2.75) is 26.3 Å². The highest BCUT2D eigenvalue weighted by molar-refractivity contribution is 5.80. The first-order valence-electron chi connectivity index (χ1n) is 12.8. The lowest BCUT2D eigenvalue weighted by Gasteiger charge is -2.13. The van der Waals surface area contributed by atoms with Gasteiger partial charge in [-0.2, -0.15) is 0 Å². The van der Waals surface area contributed by atoms with E-state index >= 15 is 0 Å². The van der Waals surface area contributed by atoms with Gasteiger partial charge in [0.1, 0.15) is 23.2 Å². The largest absolute Gasteiger partial charge is 0.497 e. The summed E-state index contributed by atoms with van der Waals surface area (Å²) in [5.74, 6) is 1.88. The van der Waals surface area contributed by atoms with Gasteiger partial charge in [-0.3, -0.25) is 4.79 Å². The predicted octanol–water partition coefficient (Wildman–Crippen LogP) is 3.98. The SMILES string of the molecule is CCOc1cc(-c2cccc(CCC(N)=NO)c2)ccc1-c1nc2c(nnn2Cc2ccc(OC)cc2)c(=O)[nH]1. The molecule has 0 fully saturated rings. The Balaban J connectivity index is 1.49. The fourth-order valence-corrected chi connectivity index (χ4v) is 4.41. The Morgan fingerprint density at radius 3 is 2.62 bits per heavy atom. The molecule has 0 aliphatic heterocycles. The third-order valence-electron chi connectivity index (χ3n) is 6.46. The van der Waals surface area contributed by atoms with E-state index in [-0.39, 0.29) is 16.9 Å². The van der Waals surface area contributed by atoms with Gasteiger partial charge in [0.25, 0.3) is 5.56 Å². The maximum Gasteiger partial charge on any atom is 0.281 e. The number of aromatic nitrogens is 5. The number of fused-ring (bicyclic) bond motifs is 1. The molecule has 5 rings (SSSR count). The standard InChI is InChI=1S/C29H29N7O4/c1-3-40-24-16-21(20-6-4-5-18(15-20)9-14-25(30)34-38)10-13-23(24)27-31-28-26(29(37)32-27)33-35-36(28)17-19-7-11-22(39-2)12-8-19/h4-8,10-13,15-16,38H,3,9,14,17H2,1-2H3,(H2,30,34)(H,31,32,37). The number of oxime groups is 1. The zero-order valence-electron chi connectivity index (χ0n) is 22.2. The molecule has 2 aromatic heterocycles. The van der Waals surface area contributed by atoms with Crippen LogP contribution in [-0.4, -0.2) is 49.7 Å². The Labute approximate surface area is 229 Å². The molecule has 0 unspecified atom stereocenters. The fraction of sp³-hybridized carbons (Fsp3) is 0.207. The molecule has 11 heteroatoms. The summed E-state index contributed by atoms with van der Waals surface area (Å²) in [6.07, 6.45) is 1.10. The number of ether oxygens (including phenoxy) is 2. The monoisotopic (exact) mass is 539 g/mol. The molecule has 0 spiro atoms. The first-order valence-corrected chi connectivity index (χ1v) is 12.8. The van der Waals surface area contributed by atoms with Gasteiger partial charge in [0, 0.05) is 6.42 Å². The van der Waals surface area contributed by atoms with Gasteiger partial charge in [-0.1, -0.05) is 52.8 Å². The van der Waals surface area contributed by atoms with E-state index in [1.165, 1.54) is 0 Å². The van der Waals surface area contributed by atoms with Gasteiger partial charge in [0.15, 0.2) is 11.2 Å². The third kappa shape index (κ3) is 5.63. The number of hydrogen-bond donors (Lipinski definition) is 3. The predicted molar refractivity (Wildman–Crippen MR) is 152 cm³/mol. The highest BCUT2D eigenvalue weighted by Gasteiger charge is 2.17. The van der Waals surface area contributed by atoms with Gasteiger partial charge in [-0.05, 0) is 59.9 Å². The topological polar surface area (TPSA) is 154 Å². The van der Waals surface area contributed by atoms with Crippen LogP contribution < -0.4 is 20.8 Å². The van der Waals surface area contributed by atoms with E-state index in [2.05, 4.69) is 26.5 Å². The number of aryl methyl sites for hydroxylation is 1. The molecule has 0 aliphatic rings. The van der Waals surface area contributed by atoms with Crippen LogP contribution in [0.2, 0.25) is 0 Å². The number of aromatic amines is 1. The normalized spacial score (nSPS) is 11.6. The summed E-state index contributed by atoms with van der Waals surface area (Å²) in [4.78, 5) is 20.5. The molecular weight excluding hydrogens is 510 g/mol. The molecule has 5 aromatic rings. The van der Waals surface area contributed by atoms with Crippen LogP contribution in [-0.2, 0) is 13.0 Å². The van der Waals surface area contributed by atoms with Gasteiger partial charge >= 0.3 is 0 Å². The van der Waals surface area contributed by atoms with Crippen LogP contribution in [0.3, 0.4) is 0 Å². The van der Waals surface area contributed by atoms with Crippen LogP contribution >= 0.6 is 0 Å². The van der Waals surface area contributed by atoms with Crippen molar-refractivity contribution < 1.29 is 14.7 Å². The minimum Gasteiger partial charge on any atom is -0.497 e. The molecular formula is C29H29N7O4. The summed E-state index contributed by atoms with van der Waals surface area (Å²) in [5, 5.41) is 20.1. The van der Waals surface area contributed by atoms with Crippen molar-refractivity contribution in [1.82, 2.24) is 25.0 Å². The lowest BCUT2D eigenvalue weighted by atomic mass is 9.99. The Morgan fingerprint density at radius 2 is 1.88 bits per heavy atom. The number of hydrogen-bond acceptors (Lipinski definition) is 8. The maximum atomic E-state index is 12.9. The lowest BCUT2D eigenvalue weighted by molar-refractivity contribution is 0.317. The smallest absolute Gasteiger partial charge is 0.281 e. The zero-order valence-corrected chi connectivity index (χ0v) is 22.2. The highest BCUT2D eigenvalue weighted by Crippen LogP contribution is 2.33.